The van der Waals surface area contributed by atoms with Crippen molar-refractivity contribution in [3.63, 3.8) is 0 Å². The van der Waals surface area contributed by atoms with E-state index in [0.29, 0.717) is 6.61 Å². The lowest BCUT2D eigenvalue weighted by molar-refractivity contribution is -0.167. The van der Waals surface area contributed by atoms with Crippen molar-refractivity contribution in [2.24, 2.45) is 0 Å². The van der Waals surface area contributed by atoms with E-state index in [-0.39, 0.29) is 19.7 Å². The van der Waals surface area contributed by atoms with Crippen LogP contribution < -0.4 is 0 Å². The van der Waals surface area contributed by atoms with Crippen LogP contribution in [-0.2, 0) is 20.9 Å². The summed E-state index contributed by atoms with van der Waals surface area (Å²) in [6.45, 7) is 0.446. The van der Waals surface area contributed by atoms with Gasteiger partial charge in [-0.2, -0.15) is 0 Å². The maximum Gasteiger partial charge on any atom is 0.407 e. The van der Waals surface area contributed by atoms with E-state index in [2.05, 4.69) is 0 Å². The normalized spacial score (nSPS) is 22.0. The topological polar surface area (TPSA) is 96.3 Å². The van der Waals surface area contributed by atoms with Gasteiger partial charge in [0, 0.05) is 0 Å². The Labute approximate surface area is 121 Å². The van der Waals surface area contributed by atoms with Gasteiger partial charge in [-0.05, 0) is 5.56 Å². The monoisotopic (exact) mass is 295 g/mol. The molecule has 1 heterocycles. The van der Waals surface area contributed by atoms with Gasteiger partial charge in [0.15, 0.2) is 6.10 Å². The van der Waals surface area contributed by atoms with Crippen molar-refractivity contribution >= 4 is 12.1 Å². The number of hydrogen-bond donors (Lipinski definition) is 2. The molecule has 0 aromatic heterocycles. The van der Waals surface area contributed by atoms with Crippen LogP contribution in [0.1, 0.15) is 5.56 Å². The van der Waals surface area contributed by atoms with Crippen LogP contribution in [0, 0.1) is 0 Å². The van der Waals surface area contributed by atoms with Crippen LogP contribution in [0.25, 0.3) is 0 Å². The third kappa shape index (κ3) is 4.44. The number of carboxylic acids is 1. The molecule has 1 fully saturated rings. The molecule has 0 radical (unpaired) electrons. The molecule has 2 rings (SSSR count). The van der Waals surface area contributed by atoms with Crippen molar-refractivity contribution < 1.29 is 29.3 Å². The van der Waals surface area contributed by atoms with Crippen LogP contribution in [0.2, 0.25) is 0 Å². The minimum Gasteiger partial charge on any atom is -0.479 e. The van der Waals surface area contributed by atoms with Crippen LogP contribution >= 0.6 is 0 Å². The number of benzene rings is 1. The Kier molecular flexibility index (Phi) is 5.13. The average molecular weight is 295 g/mol. The SMILES string of the molecule is O=C(O)[C@@H]1CN(C(=O)O)C[C@H](COCc2ccccc2)O1. The van der Waals surface area contributed by atoms with Crippen molar-refractivity contribution in [3.05, 3.63) is 35.9 Å². The van der Waals surface area contributed by atoms with Gasteiger partial charge in [0.2, 0.25) is 0 Å². The van der Waals surface area contributed by atoms with Gasteiger partial charge in [0.1, 0.15) is 0 Å². The van der Waals surface area contributed by atoms with Gasteiger partial charge in [0.25, 0.3) is 0 Å². The average Bonchev–Trinajstić information content (AvgIpc) is 2.48. The van der Waals surface area contributed by atoms with E-state index in [4.69, 9.17) is 19.7 Å². The molecule has 0 bridgehead atoms. The van der Waals surface area contributed by atoms with Gasteiger partial charge < -0.3 is 24.6 Å². The summed E-state index contributed by atoms with van der Waals surface area (Å²) in [7, 11) is 0. The first-order valence-electron chi connectivity index (χ1n) is 6.54. The molecular formula is C14H17NO6. The molecule has 1 amide bonds. The molecule has 7 nitrogen and oxygen atoms in total. The highest BCUT2D eigenvalue weighted by molar-refractivity contribution is 5.74. The van der Waals surface area contributed by atoms with E-state index in [1.165, 1.54) is 0 Å². The van der Waals surface area contributed by atoms with Gasteiger partial charge in [-0.1, -0.05) is 30.3 Å². The van der Waals surface area contributed by atoms with Crippen molar-refractivity contribution in [2.45, 2.75) is 18.8 Å². The van der Waals surface area contributed by atoms with E-state index in [0.717, 1.165) is 10.5 Å². The first kappa shape index (κ1) is 15.3. The van der Waals surface area contributed by atoms with Gasteiger partial charge in [-0.15, -0.1) is 0 Å². The quantitative estimate of drug-likeness (QED) is 0.842. The molecule has 2 N–H and O–H groups in total. The Morgan fingerprint density at radius 2 is 1.95 bits per heavy atom. The van der Waals surface area contributed by atoms with Crippen molar-refractivity contribution in [1.29, 1.82) is 0 Å². The third-order valence-electron chi connectivity index (χ3n) is 3.13. The molecule has 114 valence electrons. The molecule has 1 aromatic carbocycles. The van der Waals surface area contributed by atoms with Gasteiger partial charge in [0.05, 0.1) is 32.4 Å². The highest BCUT2D eigenvalue weighted by atomic mass is 16.6. The van der Waals surface area contributed by atoms with E-state index in [1.54, 1.807) is 0 Å². The predicted molar refractivity (Wildman–Crippen MR) is 72.0 cm³/mol. The zero-order valence-corrected chi connectivity index (χ0v) is 11.3. The number of rotatable bonds is 5. The number of morpholine rings is 1. The van der Waals surface area contributed by atoms with Crippen molar-refractivity contribution in [3.8, 4) is 0 Å². The maximum atomic E-state index is 11.0. The second-order valence-electron chi connectivity index (χ2n) is 4.77. The van der Waals surface area contributed by atoms with Gasteiger partial charge in [-0.25, -0.2) is 9.59 Å². The standard InChI is InChI=1S/C14H17NO6/c16-13(17)12-7-15(14(18)19)6-11(21-12)9-20-8-10-4-2-1-3-5-10/h1-5,11-12H,6-9H2,(H,16,17)(H,18,19)/t11-,12+/m1/s1. The summed E-state index contributed by atoms with van der Waals surface area (Å²) in [6, 6.07) is 9.50. The molecular weight excluding hydrogens is 278 g/mol. The molecule has 0 aliphatic carbocycles. The number of hydrogen-bond acceptors (Lipinski definition) is 4. The molecule has 7 heteroatoms. The highest BCUT2D eigenvalue weighted by Gasteiger charge is 2.34. The lowest BCUT2D eigenvalue weighted by Gasteiger charge is -2.34. The number of aliphatic carboxylic acids is 1. The third-order valence-corrected chi connectivity index (χ3v) is 3.13. The van der Waals surface area contributed by atoms with Gasteiger partial charge in [-0.3, -0.25) is 0 Å². The molecule has 1 aliphatic heterocycles. The molecule has 21 heavy (non-hydrogen) atoms. The van der Waals surface area contributed by atoms with Crippen molar-refractivity contribution in [2.75, 3.05) is 19.7 Å². The summed E-state index contributed by atoms with van der Waals surface area (Å²) in [5.41, 5.74) is 0.984. The van der Waals surface area contributed by atoms with E-state index in [1.807, 2.05) is 30.3 Å². The van der Waals surface area contributed by atoms with Crippen LogP contribution in [0.4, 0.5) is 4.79 Å². The van der Waals surface area contributed by atoms with Crippen LogP contribution in [-0.4, -0.2) is 59.1 Å². The first-order chi connectivity index (χ1) is 10.1. The van der Waals surface area contributed by atoms with E-state index >= 15 is 0 Å². The number of amides is 1. The molecule has 1 aliphatic rings. The van der Waals surface area contributed by atoms with E-state index in [9.17, 15) is 9.59 Å². The minimum absolute atomic E-state index is 0.105. The van der Waals surface area contributed by atoms with Gasteiger partial charge >= 0.3 is 12.1 Å². The van der Waals surface area contributed by atoms with E-state index < -0.39 is 24.3 Å². The molecule has 1 saturated heterocycles. The fourth-order valence-electron chi connectivity index (χ4n) is 2.11. The molecule has 0 saturated carbocycles. The Hall–Kier alpha value is -2.12. The molecule has 2 atom stereocenters. The summed E-state index contributed by atoms with van der Waals surface area (Å²) in [5, 5.41) is 18.0. The second-order valence-corrected chi connectivity index (χ2v) is 4.77. The van der Waals surface area contributed by atoms with Crippen molar-refractivity contribution in [1.82, 2.24) is 4.90 Å². The molecule has 0 spiro atoms. The lowest BCUT2D eigenvalue weighted by atomic mass is 10.2. The Balaban J connectivity index is 1.86. The van der Waals surface area contributed by atoms with Crippen LogP contribution in [0.5, 0.6) is 0 Å². The second kappa shape index (κ2) is 7.05. The number of carboxylic acid groups (broad SMARTS) is 2. The zero-order valence-electron chi connectivity index (χ0n) is 11.3. The maximum absolute atomic E-state index is 11.0. The summed E-state index contributed by atoms with van der Waals surface area (Å²) in [5.74, 6) is -1.17. The Morgan fingerprint density at radius 1 is 1.24 bits per heavy atom. The number of nitrogens with zero attached hydrogens (tertiary/aromatic N) is 1. The molecule has 0 unspecified atom stereocenters. The number of ether oxygens (including phenoxy) is 2. The molecule has 1 aromatic rings. The first-order valence-corrected chi connectivity index (χ1v) is 6.54. The smallest absolute Gasteiger partial charge is 0.407 e. The summed E-state index contributed by atoms with van der Waals surface area (Å²) in [4.78, 5) is 23.0. The minimum atomic E-state index is -1.17. The highest BCUT2D eigenvalue weighted by Crippen LogP contribution is 2.13. The summed E-state index contributed by atoms with van der Waals surface area (Å²) in [6.07, 6.45) is -2.89. The summed E-state index contributed by atoms with van der Waals surface area (Å²) < 4.78 is 10.8. The lowest BCUT2D eigenvalue weighted by Crippen LogP contribution is -2.53. The summed E-state index contributed by atoms with van der Waals surface area (Å²) >= 11 is 0. The Bertz CT molecular complexity index is 469. The predicted octanol–water partition coefficient (Wildman–Crippen LogP) is 1.04. The Morgan fingerprint density at radius 3 is 2.57 bits per heavy atom. The van der Waals surface area contributed by atoms with Crippen LogP contribution in [0.3, 0.4) is 0 Å². The fraction of sp³-hybridized carbons (Fsp3) is 0.429. The number of carbonyl (C=O) groups is 2. The zero-order chi connectivity index (χ0) is 15.2. The fourth-order valence-corrected chi connectivity index (χ4v) is 2.11. The van der Waals surface area contributed by atoms with Crippen LogP contribution in [0.15, 0.2) is 30.3 Å². The largest absolute Gasteiger partial charge is 0.479 e.